The molecular weight excluding hydrogens is 290 g/mol. The maximum absolute atomic E-state index is 11.4. The van der Waals surface area contributed by atoms with Crippen molar-refractivity contribution in [3.8, 4) is 16.9 Å². The number of pyridine rings is 1. The first-order valence-electron chi connectivity index (χ1n) is 7.29. The molecule has 0 saturated carbocycles. The lowest BCUT2D eigenvalue weighted by molar-refractivity contribution is -0.139. The molecule has 0 aliphatic carbocycles. The van der Waals surface area contributed by atoms with Crippen molar-refractivity contribution < 1.29 is 14.3 Å². The number of carbonyl (C=O) groups is 1. The first kappa shape index (κ1) is 15.0. The molecule has 116 valence electrons. The number of benzene rings is 2. The Hall–Kier alpha value is -2.88. The lowest BCUT2D eigenvalue weighted by atomic mass is 9.99. The molecule has 0 bridgehead atoms. The van der Waals surface area contributed by atoms with Crippen LogP contribution >= 0.6 is 0 Å². The summed E-state index contributed by atoms with van der Waals surface area (Å²) in [4.78, 5) is 15.5. The minimum atomic E-state index is -0.266. The molecule has 0 radical (unpaired) electrons. The van der Waals surface area contributed by atoms with E-state index in [9.17, 15) is 4.79 Å². The van der Waals surface area contributed by atoms with Gasteiger partial charge in [0, 0.05) is 23.3 Å². The Kier molecular flexibility index (Phi) is 4.24. The number of methoxy groups -OCH3 is 2. The number of fused-ring (bicyclic) bond motifs is 1. The summed E-state index contributed by atoms with van der Waals surface area (Å²) >= 11 is 0. The Morgan fingerprint density at radius 3 is 2.70 bits per heavy atom. The maximum atomic E-state index is 11.4. The van der Waals surface area contributed by atoms with E-state index in [1.807, 2.05) is 42.6 Å². The van der Waals surface area contributed by atoms with Crippen molar-refractivity contribution in [1.29, 1.82) is 0 Å². The largest absolute Gasteiger partial charge is 0.496 e. The van der Waals surface area contributed by atoms with Gasteiger partial charge in [0.25, 0.3) is 0 Å². The molecule has 2 aromatic carbocycles. The number of ether oxygens (including phenoxy) is 2. The van der Waals surface area contributed by atoms with Crippen LogP contribution in [-0.2, 0) is 16.0 Å². The quantitative estimate of drug-likeness (QED) is 0.691. The van der Waals surface area contributed by atoms with Gasteiger partial charge in [0.15, 0.2) is 0 Å². The second-order valence-electron chi connectivity index (χ2n) is 5.23. The van der Waals surface area contributed by atoms with E-state index in [2.05, 4.69) is 11.1 Å². The molecule has 0 amide bonds. The first-order chi connectivity index (χ1) is 11.2. The average molecular weight is 307 g/mol. The molecule has 4 heteroatoms. The van der Waals surface area contributed by atoms with Crippen LogP contribution in [0.25, 0.3) is 21.9 Å². The van der Waals surface area contributed by atoms with Gasteiger partial charge in [-0.05, 0) is 34.7 Å². The minimum absolute atomic E-state index is 0.233. The van der Waals surface area contributed by atoms with E-state index in [0.29, 0.717) is 0 Å². The smallest absolute Gasteiger partial charge is 0.309 e. The van der Waals surface area contributed by atoms with E-state index in [1.54, 1.807) is 13.3 Å². The number of carbonyl (C=O) groups excluding carboxylic acids is 1. The predicted molar refractivity (Wildman–Crippen MR) is 89.5 cm³/mol. The zero-order chi connectivity index (χ0) is 16.2. The minimum Gasteiger partial charge on any atom is -0.496 e. The zero-order valence-electron chi connectivity index (χ0n) is 13.1. The van der Waals surface area contributed by atoms with Gasteiger partial charge in [-0.1, -0.05) is 24.3 Å². The molecule has 3 rings (SSSR count). The van der Waals surface area contributed by atoms with E-state index in [0.717, 1.165) is 33.2 Å². The van der Waals surface area contributed by atoms with Crippen molar-refractivity contribution in [1.82, 2.24) is 4.98 Å². The van der Waals surface area contributed by atoms with Crippen LogP contribution in [0.1, 0.15) is 5.56 Å². The molecule has 23 heavy (non-hydrogen) atoms. The van der Waals surface area contributed by atoms with Gasteiger partial charge in [-0.2, -0.15) is 0 Å². The van der Waals surface area contributed by atoms with Crippen LogP contribution in [-0.4, -0.2) is 25.2 Å². The van der Waals surface area contributed by atoms with Crippen molar-refractivity contribution in [2.75, 3.05) is 14.2 Å². The average Bonchev–Trinajstić information content (AvgIpc) is 2.61. The SMILES string of the molecule is COC(=O)Cc1ccc(-c2ccc3cnccc3c2)c(OC)c1. The molecule has 1 aromatic heterocycles. The van der Waals surface area contributed by atoms with Crippen LogP contribution in [0.15, 0.2) is 54.9 Å². The molecule has 3 aromatic rings. The van der Waals surface area contributed by atoms with E-state index in [4.69, 9.17) is 9.47 Å². The molecule has 4 nitrogen and oxygen atoms in total. The lowest BCUT2D eigenvalue weighted by Crippen LogP contribution is -2.04. The third-order valence-corrected chi connectivity index (χ3v) is 3.79. The molecular formula is C19H17NO3. The van der Waals surface area contributed by atoms with Gasteiger partial charge < -0.3 is 9.47 Å². The fraction of sp³-hybridized carbons (Fsp3) is 0.158. The van der Waals surface area contributed by atoms with Crippen molar-refractivity contribution in [2.45, 2.75) is 6.42 Å². The summed E-state index contributed by atoms with van der Waals surface area (Å²) < 4.78 is 10.2. The molecule has 0 unspecified atom stereocenters. The predicted octanol–water partition coefficient (Wildman–Crippen LogP) is 3.63. The highest BCUT2D eigenvalue weighted by Gasteiger charge is 2.10. The molecule has 0 fully saturated rings. The van der Waals surface area contributed by atoms with Crippen molar-refractivity contribution in [3.63, 3.8) is 0 Å². The topological polar surface area (TPSA) is 48.4 Å². The Labute approximate surface area is 134 Å². The molecule has 0 spiro atoms. The van der Waals surface area contributed by atoms with Gasteiger partial charge in [-0.15, -0.1) is 0 Å². The van der Waals surface area contributed by atoms with Gasteiger partial charge in [0.1, 0.15) is 5.75 Å². The molecule has 0 aliphatic heterocycles. The summed E-state index contributed by atoms with van der Waals surface area (Å²) in [6.07, 6.45) is 3.86. The number of rotatable bonds is 4. The van der Waals surface area contributed by atoms with Crippen molar-refractivity contribution >= 4 is 16.7 Å². The molecule has 0 saturated heterocycles. The van der Waals surface area contributed by atoms with Crippen molar-refractivity contribution in [3.05, 3.63) is 60.4 Å². The van der Waals surface area contributed by atoms with Crippen LogP contribution < -0.4 is 4.74 Å². The lowest BCUT2D eigenvalue weighted by Gasteiger charge is -2.11. The summed E-state index contributed by atoms with van der Waals surface area (Å²) in [5, 5.41) is 2.22. The number of hydrogen-bond acceptors (Lipinski definition) is 4. The highest BCUT2D eigenvalue weighted by Crippen LogP contribution is 2.32. The Morgan fingerprint density at radius 1 is 1.04 bits per heavy atom. The van der Waals surface area contributed by atoms with Gasteiger partial charge in [0.2, 0.25) is 0 Å². The Bertz CT molecular complexity index is 858. The van der Waals surface area contributed by atoms with E-state index in [-0.39, 0.29) is 12.4 Å². The van der Waals surface area contributed by atoms with Gasteiger partial charge in [0.05, 0.1) is 20.6 Å². The second-order valence-corrected chi connectivity index (χ2v) is 5.23. The maximum Gasteiger partial charge on any atom is 0.309 e. The Balaban J connectivity index is 2.01. The number of hydrogen-bond donors (Lipinski definition) is 0. The number of esters is 1. The summed E-state index contributed by atoms with van der Waals surface area (Å²) in [5.41, 5.74) is 2.91. The first-order valence-corrected chi connectivity index (χ1v) is 7.29. The fourth-order valence-electron chi connectivity index (χ4n) is 2.57. The van der Waals surface area contributed by atoms with E-state index in [1.165, 1.54) is 7.11 Å². The van der Waals surface area contributed by atoms with E-state index >= 15 is 0 Å². The highest BCUT2D eigenvalue weighted by atomic mass is 16.5. The highest BCUT2D eigenvalue weighted by molar-refractivity contribution is 5.87. The molecule has 0 atom stereocenters. The fourth-order valence-corrected chi connectivity index (χ4v) is 2.57. The van der Waals surface area contributed by atoms with Gasteiger partial charge >= 0.3 is 5.97 Å². The summed E-state index contributed by atoms with van der Waals surface area (Å²) in [7, 11) is 3.02. The van der Waals surface area contributed by atoms with Crippen LogP contribution in [0.2, 0.25) is 0 Å². The van der Waals surface area contributed by atoms with Gasteiger partial charge in [-0.25, -0.2) is 0 Å². The monoisotopic (exact) mass is 307 g/mol. The number of nitrogens with zero attached hydrogens (tertiary/aromatic N) is 1. The third kappa shape index (κ3) is 3.16. The molecule has 1 heterocycles. The number of aromatic nitrogens is 1. The van der Waals surface area contributed by atoms with Gasteiger partial charge in [-0.3, -0.25) is 9.78 Å². The molecule has 0 aliphatic rings. The summed E-state index contributed by atoms with van der Waals surface area (Å²) in [5.74, 6) is 0.470. The summed E-state index contributed by atoms with van der Waals surface area (Å²) in [6, 6.07) is 13.9. The summed E-state index contributed by atoms with van der Waals surface area (Å²) in [6.45, 7) is 0. The zero-order valence-corrected chi connectivity index (χ0v) is 13.1. The third-order valence-electron chi connectivity index (χ3n) is 3.79. The standard InChI is InChI=1S/C19H17NO3/c1-22-18-9-13(10-19(21)23-2)3-6-17(18)15-4-5-16-12-20-8-7-14(16)11-15/h3-9,11-12H,10H2,1-2H3. The normalized spacial score (nSPS) is 10.5. The van der Waals surface area contributed by atoms with E-state index < -0.39 is 0 Å². The Morgan fingerprint density at radius 2 is 1.91 bits per heavy atom. The molecule has 0 N–H and O–H groups in total. The second kappa shape index (κ2) is 6.48. The van der Waals surface area contributed by atoms with Crippen LogP contribution in [0.5, 0.6) is 5.75 Å². The van der Waals surface area contributed by atoms with Crippen molar-refractivity contribution in [2.24, 2.45) is 0 Å². The van der Waals surface area contributed by atoms with Crippen LogP contribution in [0.4, 0.5) is 0 Å². The van der Waals surface area contributed by atoms with Crippen LogP contribution in [0, 0.1) is 0 Å². The van der Waals surface area contributed by atoms with Crippen LogP contribution in [0.3, 0.4) is 0 Å².